The third kappa shape index (κ3) is 2.91. The van der Waals surface area contributed by atoms with E-state index >= 15 is 0 Å². The van der Waals surface area contributed by atoms with Gasteiger partial charge in [-0.2, -0.15) is 4.98 Å². The van der Waals surface area contributed by atoms with Crippen molar-refractivity contribution in [3.8, 4) is 11.6 Å². The second-order valence-electron chi connectivity index (χ2n) is 5.08. The molecule has 0 aliphatic carbocycles. The number of fused-ring (bicyclic) bond motifs is 1. The zero-order valence-corrected chi connectivity index (χ0v) is 12.9. The third-order valence-electron chi connectivity index (χ3n) is 3.53. The van der Waals surface area contributed by atoms with Crippen molar-refractivity contribution in [3.63, 3.8) is 0 Å². The molecule has 7 nitrogen and oxygen atoms in total. The Morgan fingerprint density at radius 1 is 1.29 bits per heavy atom. The molecule has 24 heavy (non-hydrogen) atoms. The molecule has 2 aromatic heterocycles. The summed E-state index contributed by atoms with van der Waals surface area (Å²) in [6.07, 6.45) is 1.49. The molecular weight excluding hydrogens is 310 g/mol. The predicted molar refractivity (Wildman–Crippen MR) is 87.3 cm³/mol. The van der Waals surface area contributed by atoms with E-state index in [1.807, 2.05) is 6.07 Å². The lowest BCUT2D eigenvalue weighted by Gasteiger charge is -2.08. The van der Waals surface area contributed by atoms with Crippen molar-refractivity contribution in [3.05, 3.63) is 70.1 Å². The quantitative estimate of drug-likeness (QED) is 0.755. The lowest BCUT2D eigenvalue weighted by atomic mass is 10.2. The molecule has 0 atom stereocenters. The predicted octanol–water partition coefficient (Wildman–Crippen LogP) is 1.34. The number of aromatic hydroxyl groups is 1. The van der Waals surface area contributed by atoms with Crippen LogP contribution in [0.5, 0.6) is 11.6 Å². The SMILES string of the molecule is COc1cccc(CNC(=O)c2c(O)nc3ccccn3c2=O)c1. The number of amides is 1. The molecular formula is C17H15N3O4. The van der Waals surface area contributed by atoms with Crippen LogP contribution in [0.25, 0.3) is 5.65 Å². The minimum atomic E-state index is -0.689. The van der Waals surface area contributed by atoms with E-state index < -0.39 is 17.3 Å². The maximum absolute atomic E-state index is 12.4. The van der Waals surface area contributed by atoms with E-state index in [4.69, 9.17) is 4.74 Å². The average molecular weight is 325 g/mol. The van der Waals surface area contributed by atoms with E-state index in [0.717, 1.165) is 5.56 Å². The number of pyridine rings is 1. The third-order valence-corrected chi connectivity index (χ3v) is 3.53. The van der Waals surface area contributed by atoms with Crippen LogP contribution in [0.1, 0.15) is 15.9 Å². The van der Waals surface area contributed by atoms with Crippen LogP contribution in [0.2, 0.25) is 0 Å². The van der Waals surface area contributed by atoms with E-state index in [1.165, 1.54) is 10.6 Å². The van der Waals surface area contributed by atoms with Crippen LogP contribution in [0.4, 0.5) is 0 Å². The molecule has 3 rings (SSSR count). The Balaban J connectivity index is 1.87. The Kier molecular flexibility index (Phi) is 4.15. The summed E-state index contributed by atoms with van der Waals surface area (Å²) in [6, 6.07) is 12.1. The molecule has 1 amide bonds. The van der Waals surface area contributed by atoms with Crippen LogP contribution in [0, 0.1) is 0 Å². The summed E-state index contributed by atoms with van der Waals surface area (Å²) in [6.45, 7) is 0.187. The van der Waals surface area contributed by atoms with Crippen molar-refractivity contribution in [1.82, 2.24) is 14.7 Å². The minimum absolute atomic E-state index is 0.187. The van der Waals surface area contributed by atoms with Crippen LogP contribution >= 0.6 is 0 Å². The van der Waals surface area contributed by atoms with Gasteiger partial charge in [0.05, 0.1) is 7.11 Å². The van der Waals surface area contributed by atoms with Gasteiger partial charge < -0.3 is 15.2 Å². The van der Waals surface area contributed by atoms with E-state index in [1.54, 1.807) is 43.5 Å². The van der Waals surface area contributed by atoms with E-state index in [0.29, 0.717) is 5.75 Å². The summed E-state index contributed by atoms with van der Waals surface area (Å²) in [7, 11) is 1.55. The summed E-state index contributed by atoms with van der Waals surface area (Å²) in [4.78, 5) is 28.6. The van der Waals surface area contributed by atoms with Crippen LogP contribution in [0.15, 0.2) is 53.5 Å². The first-order valence-corrected chi connectivity index (χ1v) is 7.21. The number of methoxy groups -OCH3 is 1. The zero-order valence-electron chi connectivity index (χ0n) is 12.9. The van der Waals surface area contributed by atoms with Crippen molar-refractivity contribution >= 4 is 11.6 Å². The van der Waals surface area contributed by atoms with Gasteiger partial charge in [0.25, 0.3) is 11.5 Å². The fraction of sp³-hybridized carbons (Fsp3) is 0.118. The molecule has 0 fully saturated rings. The van der Waals surface area contributed by atoms with Gasteiger partial charge in [-0.3, -0.25) is 14.0 Å². The van der Waals surface area contributed by atoms with Crippen molar-refractivity contribution in [2.45, 2.75) is 6.54 Å². The zero-order chi connectivity index (χ0) is 17.1. The fourth-order valence-electron chi connectivity index (χ4n) is 2.33. The molecule has 3 aromatic rings. The Morgan fingerprint density at radius 2 is 2.12 bits per heavy atom. The monoisotopic (exact) mass is 325 g/mol. The highest BCUT2D eigenvalue weighted by Crippen LogP contribution is 2.14. The molecule has 1 aromatic carbocycles. The van der Waals surface area contributed by atoms with Crippen molar-refractivity contribution in [1.29, 1.82) is 0 Å². The van der Waals surface area contributed by atoms with Gasteiger partial charge in [-0.15, -0.1) is 0 Å². The van der Waals surface area contributed by atoms with Gasteiger partial charge in [0.1, 0.15) is 11.4 Å². The highest BCUT2D eigenvalue weighted by Gasteiger charge is 2.19. The molecule has 122 valence electrons. The van der Waals surface area contributed by atoms with E-state index in [-0.39, 0.29) is 17.8 Å². The molecule has 0 saturated heterocycles. The number of rotatable bonds is 4. The number of carbonyl (C=O) groups excluding carboxylic acids is 1. The molecule has 0 radical (unpaired) electrons. The Hall–Kier alpha value is -3.35. The first-order valence-electron chi connectivity index (χ1n) is 7.21. The number of hydrogen-bond acceptors (Lipinski definition) is 5. The van der Waals surface area contributed by atoms with Crippen LogP contribution in [-0.4, -0.2) is 27.5 Å². The van der Waals surface area contributed by atoms with Crippen molar-refractivity contribution < 1.29 is 14.6 Å². The molecule has 0 unspecified atom stereocenters. The lowest BCUT2D eigenvalue weighted by Crippen LogP contribution is -2.31. The number of ether oxygens (including phenoxy) is 1. The normalized spacial score (nSPS) is 10.5. The molecule has 0 bridgehead atoms. The van der Waals surface area contributed by atoms with Gasteiger partial charge in [-0.1, -0.05) is 18.2 Å². The first-order chi connectivity index (χ1) is 11.6. The number of nitrogens with zero attached hydrogens (tertiary/aromatic N) is 2. The summed E-state index contributed by atoms with van der Waals surface area (Å²) in [5.41, 5.74) is 0.0585. The van der Waals surface area contributed by atoms with Crippen LogP contribution in [-0.2, 0) is 6.54 Å². The molecule has 0 saturated carbocycles. The Labute approximate surface area is 137 Å². The minimum Gasteiger partial charge on any atom is -0.497 e. The van der Waals surface area contributed by atoms with Gasteiger partial charge in [-0.25, -0.2) is 0 Å². The first kappa shape index (κ1) is 15.5. The molecule has 2 heterocycles. The summed E-state index contributed by atoms with van der Waals surface area (Å²) in [5.74, 6) is -0.613. The van der Waals surface area contributed by atoms with Gasteiger partial charge in [-0.05, 0) is 29.8 Å². The molecule has 2 N–H and O–H groups in total. The number of nitrogens with one attached hydrogen (secondary N) is 1. The number of carbonyl (C=O) groups is 1. The summed E-state index contributed by atoms with van der Waals surface area (Å²) in [5, 5.41) is 12.5. The molecule has 0 aliphatic rings. The standard InChI is InChI=1S/C17H15N3O4/c1-24-12-6-4-5-11(9-12)10-18-15(21)14-16(22)19-13-7-2-3-8-20(13)17(14)23/h2-9,22H,10H2,1H3,(H,18,21). The Morgan fingerprint density at radius 3 is 2.92 bits per heavy atom. The second kappa shape index (κ2) is 6.41. The number of hydrogen-bond donors (Lipinski definition) is 2. The lowest BCUT2D eigenvalue weighted by molar-refractivity contribution is 0.0945. The molecule has 0 aliphatic heterocycles. The van der Waals surface area contributed by atoms with Gasteiger partial charge in [0.2, 0.25) is 5.88 Å². The largest absolute Gasteiger partial charge is 0.497 e. The topological polar surface area (TPSA) is 92.9 Å². The second-order valence-corrected chi connectivity index (χ2v) is 5.08. The highest BCUT2D eigenvalue weighted by molar-refractivity contribution is 5.96. The Bertz CT molecular complexity index is 965. The molecule has 0 spiro atoms. The maximum atomic E-state index is 12.4. The number of aromatic nitrogens is 2. The van der Waals surface area contributed by atoms with Crippen LogP contribution in [0.3, 0.4) is 0 Å². The highest BCUT2D eigenvalue weighted by atomic mass is 16.5. The van der Waals surface area contributed by atoms with Crippen molar-refractivity contribution in [2.75, 3.05) is 7.11 Å². The summed E-state index contributed by atoms with van der Waals surface area (Å²) < 4.78 is 6.33. The van der Waals surface area contributed by atoms with Gasteiger partial charge in [0.15, 0.2) is 5.56 Å². The smallest absolute Gasteiger partial charge is 0.274 e. The summed E-state index contributed by atoms with van der Waals surface area (Å²) >= 11 is 0. The van der Waals surface area contributed by atoms with E-state index in [2.05, 4.69) is 10.3 Å². The van der Waals surface area contributed by atoms with Gasteiger partial charge >= 0.3 is 0 Å². The fourth-order valence-corrected chi connectivity index (χ4v) is 2.33. The van der Waals surface area contributed by atoms with Gasteiger partial charge in [0, 0.05) is 12.7 Å². The maximum Gasteiger partial charge on any atom is 0.274 e. The number of benzene rings is 1. The molecule has 7 heteroatoms. The van der Waals surface area contributed by atoms with E-state index in [9.17, 15) is 14.7 Å². The van der Waals surface area contributed by atoms with Crippen molar-refractivity contribution in [2.24, 2.45) is 0 Å². The van der Waals surface area contributed by atoms with Crippen LogP contribution < -0.4 is 15.6 Å². The average Bonchev–Trinajstić information content (AvgIpc) is 2.60.